The lowest BCUT2D eigenvalue weighted by Crippen LogP contribution is -2.53. The molecule has 0 bridgehead atoms. The quantitative estimate of drug-likeness (QED) is 0.900. The molecule has 0 saturated carbocycles. The fraction of sp³-hybridized carbons (Fsp3) is 0.600. The maximum Gasteiger partial charge on any atom is 0.161 e. The van der Waals surface area contributed by atoms with Gasteiger partial charge in [-0.05, 0) is 31.5 Å². The first-order valence-electron chi connectivity index (χ1n) is 6.81. The Bertz CT molecular complexity index is 413. The van der Waals surface area contributed by atoms with Crippen LogP contribution in [0.5, 0.6) is 11.5 Å². The lowest BCUT2D eigenvalue weighted by atomic mass is 10.1. The average Bonchev–Trinajstić information content (AvgIpc) is 2.37. The third-order valence-electron chi connectivity index (χ3n) is 3.49. The molecule has 0 spiro atoms. The summed E-state index contributed by atoms with van der Waals surface area (Å²) >= 11 is 0. The van der Waals surface area contributed by atoms with E-state index in [1.165, 1.54) is 5.56 Å². The molecule has 0 aromatic heterocycles. The lowest BCUT2D eigenvalue weighted by molar-refractivity contribution is 0.166. The van der Waals surface area contributed by atoms with Gasteiger partial charge in [0.1, 0.15) is 0 Å². The summed E-state index contributed by atoms with van der Waals surface area (Å²) in [5.41, 5.74) is 1.26. The largest absolute Gasteiger partial charge is 0.493 e. The molecule has 0 amide bonds. The standard InChI is InChI=1S/C15H24N2O2/c1-11-8-17(9-12(2)16-11)10-13-5-6-14(18-3)15(7-13)19-4/h5-7,11-12,16H,8-10H2,1-4H3. The van der Waals surface area contributed by atoms with Crippen LogP contribution in [0.2, 0.25) is 0 Å². The van der Waals surface area contributed by atoms with Gasteiger partial charge in [-0.15, -0.1) is 0 Å². The van der Waals surface area contributed by atoms with Crippen LogP contribution < -0.4 is 14.8 Å². The predicted molar refractivity (Wildman–Crippen MR) is 76.9 cm³/mol. The number of hydrogen-bond donors (Lipinski definition) is 1. The molecule has 2 atom stereocenters. The zero-order chi connectivity index (χ0) is 13.8. The molecule has 4 nitrogen and oxygen atoms in total. The van der Waals surface area contributed by atoms with Crippen LogP contribution in [-0.2, 0) is 6.54 Å². The molecule has 0 aliphatic carbocycles. The Balaban J connectivity index is 2.06. The van der Waals surface area contributed by atoms with Crippen molar-refractivity contribution < 1.29 is 9.47 Å². The Kier molecular flexibility index (Phi) is 4.66. The Labute approximate surface area is 115 Å². The number of nitrogens with zero attached hydrogens (tertiary/aromatic N) is 1. The van der Waals surface area contributed by atoms with Gasteiger partial charge in [0.2, 0.25) is 0 Å². The second kappa shape index (κ2) is 6.26. The Morgan fingerprint density at radius 2 is 1.74 bits per heavy atom. The van der Waals surface area contributed by atoms with Gasteiger partial charge in [-0.25, -0.2) is 0 Å². The minimum atomic E-state index is 0.545. The third-order valence-corrected chi connectivity index (χ3v) is 3.49. The van der Waals surface area contributed by atoms with Crippen LogP contribution in [0.4, 0.5) is 0 Å². The van der Waals surface area contributed by atoms with Crippen LogP contribution in [0.15, 0.2) is 18.2 Å². The third kappa shape index (κ3) is 3.61. The maximum absolute atomic E-state index is 5.35. The summed E-state index contributed by atoms with van der Waals surface area (Å²) in [7, 11) is 3.34. The normalized spacial score (nSPS) is 24.2. The highest BCUT2D eigenvalue weighted by Gasteiger charge is 2.21. The van der Waals surface area contributed by atoms with Gasteiger partial charge in [0.15, 0.2) is 11.5 Å². The van der Waals surface area contributed by atoms with Crippen molar-refractivity contribution in [3.05, 3.63) is 23.8 Å². The van der Waals surface area contributed by atoms with E-state index in [0.717, 1.165) is 31.1 Å². The van der Waals surface area contributed by atoms with E-state index in [0.29, 0.717) is 12.1 Å². The molecular formula is C15H24N2O2. The molecule has 1 aliphatic heterocycles. The van der Waals surface area contributed by atoms with Gasteiger partial charge < -0.3 is 14.8 Å². The van der Waals surface area contributed by atoms with Crippen molar-refractivity contribution in [1.82, 2.24) is 10.2 Å². The van der Waals surface area contributed by atoms with Crippen molar-refractivity contribution >= 4 is 0 Å². The fourth-order valence-corrected chi connectivity index (χ4v) is 2.81. The minimum absolute atomic E-state index is 0.545. The summed E-state index contributed by atoms with van der Waals surface area (Å²) in [6.07, 6.45) is 0. The monoisotopic (exact) mass is 264 g/mol. The lowest BCUT2D eigenvalue weighted by Gasteiger charge is -2.36. The van der Waals surface area contributed by atoms with Gasteiger partial charge in [0.05, 0.1) is 14.2 Å². The highest BCUT2D eigenvalue weighted by molar-refractivity contribution is 5.42. The molecule has 2 rings (SSSR count). The summed E-state index contributed by atoms with van der Waals surface area (Å²) in [6.45, 7) is 7.59. The van der Waals surface area contributed by atoms with Gasteiger partial charge >= 0.3 is 0 Å². The predicted octanol–water partition coefficient (Wildman–Crippen LogP) is 1.89. The highest BCUT2D eigenvalue weighted by atomic mass is 16.5. The van der Waals surface area contributed by atoms with E-state index >= 15 is 0 Å². The molecule has 4 heteroatoms. The molecule has 106 valence electrons. The van der Waals surface area contributed by atoms with E-state index in [2.05, 4.69) is 36.2 Å². The average molecular weight is 264 g/mol. The molecule has 1 heterocycles. The van der Waals surface area contributed by atoms with Crippen LogP contribution in [0.3, 0.4) is 0 Å². The summed E-state index contributed by atoms with van der Waals surface area (Å²) in [4.78, 5) is 2.48. The van der Waals surface area contributed by atoms with Crippen molar-refractivity contribution in [3.63, 3.8) is 0 Å². The second-order valence-electron chi connectivity index (χ2n) is 5.35. The fourth-order valence-electron chi connectivity index (χ4n) is 2.81. The molecule has 1 aliphatic rings. The van der Waals surface area contributed by atoms with Crippen molar-refractivity contribution in [3.8, 4) is 11.5 Å². The molecule has 1 aromatic rings. The van der Waals surface area contributed by atoms with E-state index in [9.17, 15) is 0 Å². The molecular weight excluding hydrogens is 240 g/mol. The van der Waals surface area contributed by atoms with Crippen molar-refractivity contribution in [2.24, 2.45) is 0 Å². The zero-order valence-electron chi connectivity index (χ0n) is 12.3. The van der Waals surface area contributed by atoms with Gasteiger partial charge in [-0.2, -0.15) is 0 Å². The van der Waals surface area contributed by atoms with E-state index in [4.69, 9.17) is 9.47 Å². The summed E-state index contributed by atoms with van der Waals surface area (Å²) < 4.78 is 10.6. The summed E-state index contributed by atoms with van der Waals surface area (Å²) in [5.74, 6) is 1.59. The SMILES string of the molecule is COc1ccc(CN2CC(C)NC(C)C2)cc1OC. The minimum Gasteiger partial charge on any atom is -0.493 e. The maximum atomic E-state index is 5.35. The molecule has 1 N–H and O–H groups in total. The number of hydrogen-bond acceptors (Lipinski definition) is 4. The molecule has 2 unspecified atom stereocenters. The van der Waals surface area contributed by atoms with E-state index in [-0.39, 0.29) is 0 Å². The summed E-state index contributed by atoms with van der Waals surface area (Å²) in [5, 5.41) is 3.55. The molecule has 1 fully saturated rings. The van der Waals surface area contributed by atoms with Gasteiger partial charge in [-0.3, -0.25) is 4.90 Å². The van der Waals surface area contributed by atoms with Crippen LogP contribution in [0.25, 0.3) is 0 Å². The van der Waals surface area contributed by atoms with Crippen molar-refractivity contribution in [1.29, 1.82) is 0 Å². The Hall–Kier alpha value is -1.26. The zero-order valence-corrected chi connectivity index (χ0v) is 12.3. The summed E-state index contributed by atoms with van der Waals surface area (Å²) in [6, 6.07) is 7.24. The Morgan fingerprint density at radius 1 is 1.11 bits per heavy atom. The number of methoxy groups -OCH3 is 2. The number of ether oxygens (including phenoxy) is 2. The van der Waals surface area contributed by atoms with Crippen molar-refractivity contribution in [2.45, 2.75) is 32.5 Å². The van der Waals surface area contributed by atoms with Gasteiger partial charge in [-0.1, -0.05) is 6.07 Å². The number of nitrogens with one attached hydrogen (secondary N) is 1. The van der Waals surface area contributed by atoms with E-state index in [1.807, 2.05) is 6.07 Å². The first-order valence-corrected chi connectivity index (χ1v) is 6.81. The van der Waals surface area contributed by atoms with Gasteiger partial charge in [0, 0.05) is 31.7 Å². The van der Waals surface area contributed by atoms with Crippen LogP contribution in [-0.4, -0.2) is 44.3 Å². The molecule has 19 heavy (non-hydrogen) atoms. The van der Waals surface area contributed by atoms with Crippen LogP contribution >= 0.6 is 0 Å². The molecule has 0 radical (unpaired) electrons. The van der Waals surface area contributed by atoms with E-state index in [1.54, 1.807) is 14.2 Å². The molecule has 1 saturated heterocycles. The van der Waals surface area contributed by atoms with Crippen molar-refractivity contribution in [2.75, 3.05) is 27.3 Å². The number of piperazine rings is 1. The molecule has 1 aromatic carbocycles. The van der Waals surface area contributed by atoms with Gasteiger partial charge in [0.25, 0.3) is 0 Å². The topological polar surface area (TPSA) is 33.7 Å². The first-order chi connectivity index (χ1) is 9.12. The highest BCUT2D eigenvalue weighted by Crippen LogP contribution is 2.28. The smallest absolute Gasteiger partial charge is 0.161 e. The second-order valence-corrected chi connectivity index (χ2v) is 5.35. The van der Waals surface area contributed by atoms with Crippen LogP contribution in [0, 0.1) is 0 Å². The first kappa shape index (κ1) is 14.2. The van der Waals surface area contributed by atoms with Crippen LogP contribution in [0.1, 0.15) is 19.4 Å². The Morgan fingerprint density at radius 3 is 2.32 bits per heavy atom. The number of rotatable bonds is 4. The number of benzene rings is 1. The van der Waals surface area contributed by atoms with E-state index < -0.39 is 0 Å².